The number of hydrazone groups is 1. The number of aryl methyl sites for hydroxylation is 1. The molecule has 9 heteroatoms. The number of hydrogen-bond donors (Lipinski definition) is 1. The molecule has 1 N–H and O–H groups in total. The second-order valence-electron chi connectivity index (χ2n) is 8.38. The van der Waals surface area contributed by atoms with E-state index < -0.39 is 16.8 Å². The molecule has 180 valence electrons. The molecule has 4 aromatic rings. The van der Waals surface area contributed by atoms with E-state index in [1.165, 1.54) is 24.3 Å². The van der Waals surface area contributed by atoms with E-state index in [9.17, 15) is 19.7 Å². The Morgan fingerprint density at radius 1 is 1.03 bits per heavy atom. The first-order chi connectivity index (χ1) is 17.4. The first-order valence-electron chi connectivity index (χ1n) is 11.4. The summed E-state index contributed by atoms with van der Waals surface area (Å²) in [6.45, 7) is 1.76. The number of nitro groups is 1. The molecule has 0 radical (unpaired) electrons. The van der Waals surface area contributed by atoms with Crippen LogP contribution in [-0.2, 0) is 6.42 Å². The zero-order valence-electron chi connectivity index (χ0n) is 19.3. The lowest BCUT2D eigenvalue weighted by Crippen LogP contribution is -2.22. The third kappa shape index (κ3) is 4.34. The minimum atomic E-state index is -0.604. The van der Waals surface area contributed by atoms with Crippen molar-refractivity contribution in [2.45, 2.75) is 26.2 Å². The van der Waals surface area contributed by atoms with E-state index in [4.69, 9.17) is 9.15 Å². The van der Waals surface area contributed by atoms with Crippen LogP contribution in [0.1, 0.15) is 50.6 Å². The van der Waals surface area contributed by atoms with Crippen LogP contribution >= 0.6 is 0 Å². The van der Waals surface area contributed by atoms with E-state index in [-0.39, 0.29) is 17.0 Å². The van der Waals surface area contributed by atoms with Crippen molar-refractivity contribution < 1.29 is 23.7 Å². The molecular weight excluding hydrogens is 462 g/mol. The van der Waals surface area contributed by atoms with Crippen LogP contribution in [0, 0.1) is 17.0 Å². The zero-order chi connectivity index (χ0) is 25.2. The van der Waals surface area contributed by atoms with E-state index in [1.807, 2.05) is 36.4 Å². The number of esters is 1. The fourth-order valence-corrected chi connectivity index (χ4v) is 4.32. The van der Waals surface area contributed by atoms with Crippen molar-refractivity contribution in [3.05, 3.63) is 105 Å². The molecule has 0 saturated carbocycles. The van der Waals surface area contributed by atoms with Crippen molar-refractivity contribution in [1.82, 2.24) is 5.43 Å². The normalized spacial score (nSPS) is 13.9. The van der Waals surface area contributed by atoms with Crippen molar-refractivity contribution >= 4 is 34.0 Å². The van der Waals surface area contributed by atoms with Gasteiger partial charge in [-0.15, -0.1) is 0 Å². The molecule has 0 bridgehead atoms. The molecule has 1 aliphatic rings. The minimum absolute atomic E-state index is 0.101. The molecule has 1 aliphatic carbocycles. The topological polar surface area (TPSA) is 124 Å². The minimum Gasteiger partial charge on any atom is -0.453 e. The van der Waals surface area contributed by atoms with Crippen LogP contribution in [0.4, 0.5) is 5.69 Å². The summed E-state index contributed by atoms with van der Waals surface area (Å²) >= 11 is 0. The van der Waals surface area contributed by atoms with Crippen LogP contribution in [0.3, 0.4) is 0 Å². The van der Waals surface area contributed by atoms with E-state index in [1.54, 1.807) is 13.0 Å². The van der Waals surface area contributed by atoms with E-state index in [0.29, 0.717) is 41.2 Å². The number of rotatable bonds is 5. The average molecular weight is 483 g/mol. The maximum Gasteiger partial charge on any atom is 0.379 e. The number of benzene rings is 3. The number of nitrogens with zero attached hydrogens (tertiary/aromatic N) is 2. The van der Waals surface area contributed by atoms with Crippen molar-refractivity contribution in [1.29, 1.82) is 0 Å². The van der Waals surface area contributed by atoms with E-state index in [0.717, 1.165) is 17.2 Å². The Labute approximate surface area is 205 Å². The van der Waals surface area contributed by atoms with Gasteiger partial charge in [-0.3, -0.25) is 14.9 Å². The van der Waals surface area contributed by atoms with Gasteiger partial charge < -0.3 is 9.15 Å². The Hall–Kier alpha value is -4.79. The van der Waals surface area contributed by atoms with Gasteiger partial charge >= 0.3 is 5.97 Å². The quantitative estimate of drug-likeness (QED) is 0.177. The molecule has 36 heavy (non-hydrogen) atoms. The SMILES string of the molecule is Cc1c(C(=O)Oc2cccc3ccccc23)oc2c1/C(=N/NC(=O)c1ccc([N+](=O)[O-])cc1)CCC2. The monoisotopic (exact) mass is 483 g/mol. The maximum absolute atomic E-state index is 13.1. The lowest BCUT2D eigenvalue weighted by Gasteiger charge is -2.13. The summed E-state index contributed by atoms with van der Waals surface area (Å²) in [4.78, 5) is 35.8. The third-order valence-corrected chi connectivity index (χ3v) is 6.10. The summed E-state index contributed by atoms with van der Waals surface area (Å²) in [6.07, 6.45) is 1.96. The van der Waals surface area contributed by atoms with Crippen LogP contribution in [0.15, 0.2) is 76.2 Å². The molecule has 1 aromatic heterocycles. The number of carbonyl (C=O) groups excluding carboxylic acids is 2. The second kappa shape index (κ2) is 9.46. The molecule has 0 atom stereocenters. The summed E-state index contributed by atoms with van der Waals surface area (Å²) in [5.74, 6) is 0.0566. The Balaban J connectivity index is 1.38. The van der Waals surface area contributed by atoms with Gasteiger partial charge in [0.05, 0.1) is 10.6 Å². The van der Waals surface area contributed by atoms with Gasteiger partial charge in [-0.1, -0.05) is 36.4 Å². The van der Waals surface area contributed by atoms with Crippen LogP contribution in [0.5, 0.6) is 5.75 Å². The number of fused-ring (bicyclic) bond motifs is 2. The fourth-order valence-electron chi connectivity index (χ4n) is 4.32. The molecule has 3 aromatic carbocycles. The first kappa shape index (κ1) is 23.0. The number of amides is 1. The zero-order valence-corrected chi connectivity index (χ0v) is 19.3. The number of non-ortho nitro benzene ring substituents is 1. The van der Waals surface area contributed by atoms with Gasteiger partial charge in [0, 0.05) is 40.6 Å². The van der Waals surface area contributed by atoms with Gasteiger partial charge in [-0.25, -0.2) is 10.2 Å². The highest BCUT2D eigenvalue weighted by atomic mass is 16.6. The largest absolute Gasteiger partial charge is 0.453 e. The standard InChI is InChI=1S/C27H21N3O6/c1-16-24-21(28-29-26(31)18-12-14-19(15-13-18)30(33)34)9-5-11-23(24)35-25(16)27(32)36-22-10-4-7-17-6-2-3-8-20(17)22/h2-4,6-8,10,12-15H,5,9,11H2,1H3,(H,29,31)/b28-21+. The summed E-state index contributed by atoms with van der Waals surface area (Å²) in [5, 5.41) is 16.9. The van der Waals surface area contributed by atoms with Crippen molar-refractivity contribution in [2.24, 2.45) is 5.10 Å². The molecule has 0 unspecified atom stereocenters. The highest BCUT2D eigenvalue weighted by Gasteiger charge is 2.29. The van der Waals surface area contributed by atoms with Crippen molar-refractivity contribution in [3.63, 3.8) is 0 Å². The number of nitrogens with one attached hydrogen (secondary N) is 1. The van der Waals surface area contributed by atoms with Gasteiger partial charge in [-0.05, 0) is 43.4 Å². The fraction of sp³-hybridized carbons (Fsp3) is 0.148. The molecule has 0 fully saturated rings. The summed E-state index contributed by atoms with van der Waals surface area (Å²) < 4.78 is 11.6. The number of nitro benzene ring substituents is 1. The molecule has 1 heterocycles. The summed E-state index contributed by atoms with van der Waals surface area (Å²) in [6, 6.07) is 18.4. The summed E-state index contributed by atoms with van der Waals surface area (Å²) in [7, 11) is 0. The molecular formula is C27H21N3O6. The van der Waals surface area contributed by atoms with Crippen LogP contribution < -0.4 is 10.2 Å². The second-order valence-corrected chi connectivity index (χ2v) is 8.38. The summed E-state index contributed by atoms with van der Waals surface area (Å²) in [5.41, 5.74) is 4.52. The lowest BCUT2D eigenvalue weighted by molar-refractivity contribution is -0.384. The van der Waals surface area contributed by atoms with Crippen LogP contribution in [-0.4, -0.2) is 22.5 Å². The Bertz CT molecular complexity index is 1530. The van der Waals surface area contributed by atoms with Crippen molar-refractivity contribution in [2.75, 3.05) is 0 Å². The molecule has 0 aliphatic heterocycles. The van der Waals surface area contributed by atoms with E-state index >= 15 is 0 Å². The number of ether oxygens (including phenoxy) is 1. The lowest BCUT2D eigenvalue weighted by atomic mass is 9.93. The average Bonchev–Trinajstić information content (AvgIpc) is 3.24. The van der Waals surface area contributed by atoms with Gasteiger partial charge in [0.15, 0.2) is 0 Å². The van der Waals surface area contributed by atoms with Crippen LogP contribution in [0.2, 0.25) is 0 Å². The predicted molar refractivity (Wildman–Crippen MR) is 132 cm³/mol. The van der Waals surface area contributed by atoms with Crippen molar-refractivity contribution in [3.8, 4) is 5.75 Å². The number of carbonyl (C=O) groups is 2. The molecule has 0 spiro atoms. The van der Waals surface area contributed by atoms with Gasteiger partial charge in [0.1, 0.15) is 11.5 Å². The Kier molecular flexibility index (Phi) is 6.03. The Morgan fingerprint density at radius 3 is 2.56 bits per heavy atom. The molecule has 9 nitrogen and oxygen atoms in total. The van der Waals surface area contributed by atoms with Crippen LogP contribution in [0.25, 0.3) is 10.8 Å². The highest BCUT2D eigenvalue weighted by Crippen LogP contribution is 2.32. The third-order valence-electron chi connectivity index (χ3n) is 6.10. The molecule has 0 saturated heterocycles. The highest BCUT2D eigenvalue weighted by molar-refractivity contribution is 6.07. The Morgan fingerprint density at radius 2 is 1.78 bits per heavy atom. The van der Waals surface area contributed by atoms with E-state index in [2.05, 4.69) is 10.5 Å². The number of hydrogen-bond acceptors (Lipinski definition) is 7. The maximum atomic E-state index is 13.1. The molecule has 5 rings (SSSR count). The number of furan rings is 1. The van der Waals surface area contributed by atoms with Gasteiger partial charge in [0.2, 0.25) is 5.76 Å². The molecule has 1 amide bonds. The first-order valence-corrected chi connectivity index (χ1v) is 11.4. The van der Waals surface area contributed by atoms with Gasteiger partial charge in [-0.2, -0.15) is 5.10 Å². The predicted octanol–water partition coefficient (Wildman–Crippen LogP) is 5.34. The van der Waals surface area contributed by atoms with Gasteiger partial charge in [0.25, 0.3) is 11.6 Å². The smallest absolute Gasteiger partial charge is 0.379 e.